The van der Waals surface area contributed by atoms with Crippen molar-refractivity contribution in [2.24, 2.45) is 5.10 Å². The van der Waals surface area contributed by atoms with E-state index < -0.39 is 0 Å². The van der Waals surface area contributed by atoms with E-state index in [1.54, 1.807) is 19.2 Å². The first-order chi connectivity index (χ1) is 11.8. The minimum absolute atomic E-state index is 0.112. The van der Waals surface area contributed by atoms with E-state index in [2.05, 4.69) is 16.6 Å². The topological polar surface area (TPSA) is 59.9 Å². The third kappa shape index (κ3) is 3.74. The van der Waals surface area contributed by atoms with E-state index in [4.69, 9.17) is 9.47 Å². The molecule has 0 spiro atoms. The molecule has 0 radical (unpaired) electrons. The van der Waals surface area contributed by atoms with Crippen molar-refractivity contribution in [3.8, 4) is 11.5 Å². The van der Waals surface area contributed by atoms with Gasteiger partial charge in [0.15, 0.2) is 18.1 Å². The fourth-order valence-corrected chi connectivity index (χ4v) is 2.76. The van der Waals surface area contributed by atoms with Crippen LogP contribution in [-0.2, 0) is 11.2 Å². The van der Waals surface area contributed by atoms with Crippen LogP contribution >= 0.6 is 0 Å². The van der Waals surface area contributed by atoms with Crippen molar-refractivity contribution < 1.29 is 14.3 Å². The van der Waals surface area contributed by atoms with Crippen molar-refractivity contribution >= 4 is 11.6 Å². The zero-order valence-corrected chi connectivity index (χ0v) is 13.6. The van der Waals surface area contributed by atoms with E-state index >= 15 is 0 Å². The summed E-state index contributed by atoms with van der Waals surface area (Å²) >= 11 is 0. The second kappa shape index (κ2) is 7.64. The first-order valence-corrected chi connectivity index (χ1v) is 7.97. The van der Waals surface area contributed by atoms with Crippen molar-refractivity contribution in [2.75, 3.05) is 13.7 Å². The molecule has 2 aromatic carbocycles. The number of para-hydroxylation sites is 2. The van der Waals surface area contributed by atoms with Crippen molar-refractivity contribution in [3.63, 3.8) is 0 Å². The molecule has 124 valence electrons. The maximum absolute atomic E-state index is 12.0. The lowest BCUT2D eigenvalue weighted by Crippen LogP contribution is -2.27. The number of benzene rings is 2. The number of hydrogen-bond acceptors (Lipinski definition) is 4. The molecule has 0 aliphatic heterocycles. The van der Waals surface area contributed by atoms with Gasteiger partial charge in [-0.25, -0.2) is 5.43 Å². The van der Waals surface area contributed by atoms with Gasteiger partial charge in [-0.1, -0.05) is 36.4 Å². The predicted octanol–water partition coefficient (Wildman–Crippen LogP) is 2.93. The molecule has 0 bridgehead atoms. The number of hydrogen-bond donors (Lipinski definition) is 1. The quantitative estimate of drug-likeness (QED) is 0.860. The molecule has 0 heterocycles. The molecular weight excluding hydrogens is 304 g/mol. The molecule has 1 N–H and O–H groups in total. The molecule has 24 heavy (non-hydrogen) atoms. The summed E-state index contributed by atoms with van der Waals surface area (Å²) in [5.74, 6) is 0.833. The van der Waals surface area contributed by atoms with Gasteiger partial charge in [0, 0.05) is 5.56 Å². The molecule has 0 unspecified atom stereocenters. The van der Waals surface area contributed by atoms with Crippen LogP contribution in [0.5, 0.6) is 11.5 Å². The van der Waals surface area contributed by atoms with E-state index in [0.717, 1.165) is 30.5 Å². The Balaban J connectivity index is 1.60. The molecule has 0 fully saturated rings. The molecule has 3 rings (SSSR count). The number of fused-ring (bicyclic) bond motifs is 1. The molecule has 0 atom stereocenters. The van der Waals surface area contributed by atoms with Gasteiger partial charge in [0.05, 0.1) is 12.8 Å². The Morgan fingerprint density at radius 1 is 1.08 bits per heavy atom. The maximum atomic E-state index is 12.0. The molecule has 0 aromatic heterocycles. The SMILES string of the molecule is COc1ccccc1OCC(=O)N/N=C1\CCCc2ccccc21. The van der Waals surface area contributed by atoms with Gasteiger partial charge >= 0.3 is 0 Å². The number of nitrogens with one attached hydrogen (secondary N) is 1. The summed E-state index contributed by atoms with van der Waals surface area (Å²) in [7, 11) is 1.56. The van der Waals surface area contributed by atoms with Crippen LogP contribution in [0.2, 0.25) is 0 Å². The van der Waals surface area contributed by atoms with E-state index in [9.17, 15) is 4.79 Å². The molecule has 1 aliphatic rings. The Kier molecular flexibility index (Phi) is 5.11. The highest BCUT2D eigenvalue weighted by molar-refractivity contribution is 6.03. The lowest BCUT2D eigenvalue weighted by Gasteiger charge is -2.17. The van der Waals surface area contributed by atoms with Gasteiger partial charge in [-0.05, 0) is 37.0 Å². The fraction of sp³-hybridized carbons (Fsp3) is 0.263. The summed E-state index contributed by atoms with van der Waals surface area (Å²) in [5, 5.41) is 4.29. The van der Waals surface area contributed by atoms with Crippen LogP contribution in [0, 0.1) is 0 Å². The van der Waals surface area contributed by atoms with E-state index in [-0.39, 0.29) is 12.5 Å². The van der Waals surface area contributed by atoms with Crippen LogP contribution in [0.4, 0.5) is 0 Å². The van der Waals surface area contributed by atoms with Crippen molar-refractivity contribution in [2.45, 2.75) is 19.3 Å². The highest BCUT2D eigenvalue weighted by Crippen LogP contribution is 2.25. The smallest absolute Gasteiger partial charge is 0.277 e. The lowest BCUT2D eigenvalue weighted by molar-refractivity contribution is -0.123. The average molecular weight is 324 g/mol. The summed E-state index contributed by atoms with van der Waals surface area (Å²) in [5.41, 5.74) is 5.90. The Morgan fingerprint density at radius 3 is 2.67 bits per heavy atom. The molecular formula is C19H20N2O3. The maximum Gasteiger partial charge on any atom is 0.277 e. The molecule has 0 saturated heterocycles. The summed E-state index contributed by atoms with van der Waals surface area (Å²) in [4.78, 5) is 12.0. The Morgan fingerprint density at radius 2 is 1.83 bits per heavy atom. The predicted molar refractivity (Wildman–Crippen MR) is 92.5 cm³/mol. The molecule has 0 saturated carbocycles. The standard InChI is InChI=1S/C19H20N2O3/c1-23-17-11-4-5-12-18(17)24-13-19(22)21-20-16-10-6-8-14-7-2-3-9-15(14)16/h2-5,7,9,11-12H,6,8,10,13H2,1H3,(H,21,22)/b20-16+. The van der Waals surface area contributed by atoms with Gasteiger partial charge in [-0.3, -0.25) is 4.79 Å². The molecule has 5 heteroatoms. The van der Waals surface area contributed by atoms with Crippen LogP contribution in [0.3, 0.4) is 0 Å². The van der Waals surface area contributed by atoms with Gasteiger partial charge in [0.25, 0.3) is 5.91 Å². The number of rotatable bonds is 5. The normalized spacial score (nSPS) is 14.8. The fourth-order valence-electron chi connectivity index (χ4n) is 2.76. The van der Waals surface area contributed by atoms with Crippen molar-refractivity contribution in [3.05, 3.63) is 59.7 Å². The van der Waals surface area contributed by atoms with E-state index in [1.165, 1.54) is 5.56 Å². The number of amides is 1. The second-order valence-electron chi connectivity index (χ2n) is 5.54. The third-order valence-electron chi connectivity index (χ3n) is 3.93. The minimum atomic E-state index is -0.295. The second-order valence-corrected chi connectivity index (χ2v) is 5.54. The van der Waals surface area contributed by atoms with Gasteiger partial charge in [-0.15, -0.1) is 0 Å². The summed E-state index contributed by atoms with van der Waals surface area (Å²) in [6, 6.07) is 15.4. The largest absolute Gasteiger partial charge is 0.493 e. The van der Waals surface area contributed by atoms with Crippen LogP contribution in [0.25, 0.3) is 0 Å². The summed E-state index contributed by atoms with van der Waals surface area (Å²) in [6.45, 7) is -0.112. The first-order valence-electron chi connectivity index (χ1n) is 7.97. The molecule has 2 aromatic rings. The number of ether oxygens (including phenoxy) is 2. The number of nitrogens with zero attached hydrogens (tertiary/aromatic N) is 1. The van der Waals surface area contributed by atoms with Gasteiger partial charge in [0.2, 0.25) is 0 Å². The minimum Gasteiger partial charge on any atom is -0.493 e. The Labute approximate surface area is 141 Å². The van der Waals surface area contributed by atoms with Crippen molar-refractivity contribution in [1.29, 1.82) is 0 Å². The van der Waals surface area contributed by atoms with Crippen LogP contribution < -0.4 is 14.9 Å². The summed E-state index contributed by atoms with van der Waals surface area (Å²) in [6.07, 6.45) is 2.97. The zero-order chi connectivity index (χ0) is 16.8. The highest BCUT2D eigenvalue weighted by atomic mass is 16.5. The Hall–Kier alpha value is -2.82. The monoisotopic (exact) mass is 324 g/mol. The summed E-state index contributed by atoms with van der Waals surface area (Å²) < 4.78 is 10.7. The van der Waals surface area contributed by atoms with Crippen LogP contribution in [-0.4, -0.2) is 25.3 Å². The molecule has 1 amide bonds. The third-order valence-corrected chi connectivity index (χ3v) is 3.93. The lowest BCUT2D eigenvalue weighted by atomic mass is 9.90. The molecule has 1 aliphatic carbocycles. The van der Waals surface area contributed by atoms with Gasteiger partial charge in [-0.2, -0.15) is 5.10 Å². The van der Waals surface area contributed by atoms with Crippen LogP contribution in [0.15, 0.2) is 53.6 Å². The highest BCUT2D eigenvalue weighted by Gasteiger charge is 2.15. The van der Waals surface area contributed by atoms with Crippen molar-refractivity contribution in [1.82, 2.24) is 5.43 Å². The number of methoxy groups -OCH3 is 1. The number of carbonyl (C=O) groups is 1. The number of hydrazone groups is 1. The Bertz CT molecular complexity index is 756. The number of aryl methyl sites for hydroxylation is 1. The first kappa shape index (κ1) is 16.1. The van der Waals surface area contributed by atoms with E-state index in [0.29, 0.717) is 11.5 Å². The van der Waals surface area contributed by atoms with Crippen LogP contribution in [0.1, 0.15) is 24.0 Å². The van der Waals surface area contributed by atoms with E-state index in [1.807, 2.05) is 30.3 Å². The van der Waals surface area contributed by atoms with Gasteiger partial charge < -0.3 is 9.47 Å². The zero-order valence-electron chi connectivity index (χ0n) is 13.6. The average Bonchev–Trinajstić information content (AvgIpc) is 2.64. The number of carbonyl (C=O) groups excluding carboxylic acids is 1. The molecule has 5 nitrogen and oxygen atoms in total. The van der Waals surface area contributed by atoms with Gasteiger partial charge in [0.1, 0.15) is 0 Å².